The Morgan fingerprint density at radius 3 is 2.45 bits per heavy atom. The number of aryl methyl sites for hydroxylation is 2. The molecule has 7 rings (SSSR count). The number of aromatic nitrogens is 4. The lowest BCUT2D eigenvalue weighted by molar-refractivity contribution is -0.112. The van der Waals surface area contributed by atoms with E-state index in [1.54, 1.807) is 13.0 Å². The number of benzene rings is 2. The Balaban J connectivity index is 1.24. The smallest absolute Gasteiger partial charge is 0.252 e. The molecule has 1 amide bonds. The van der Waals surface area contributed by atoms with Crippen molar-refractivity contribution in [1.29, 1.82) is 0 Å². The molecule has 0 unspecified atom stereocenters. The fraction of sp³-hybridized carbons (Fsp3) is 0.351. The second-order valence-electron chi connectivity index (χ2n) is 12.7. The maximum Gasteiger partial charge on any atom is 0.252 e. The molecular weight excluding hydrogens is 546 g/mol. The molecule has 0 bridgehead atoms. The van der Waals surface area contributed by atoms with E-state index in [9.17, 15) is 9.59 Å². The molecule has 7 heteroatoms. The highest BCUT2D eigenvalue weighted by atomic mass is 16.2. The molecule has 0 atom stereocenters. The van der Waals surface area contributed by atoms with Crippen LogP contribution in [-0.2, 0) is 24.4 Å². The van der Waals surface area contributed by atoms with Crippen LogP contribution in [0.1, 0.15) is 91.5 Å². The summed E-state index contributed by atoms with van der Waals surface area (Å²) in [5.74, 6) is 1.30. The lowest BCUT2D eigenvalue weighted by Gasteiger charge is -2.41. The number of pyridine rings is 1. The normalized spacial score (nSPS) is 16.9. The molecule has 0 spiro atoms. The SMILES string of the molecule is CC(=O)/C=C/c1ccc2nc(C3(NC(=O)c4ccc5c(C6CCCCC6)c(-c6ccccn6)n(C)c5c4)CCC3)n(C)c2c1. The van der Waals surface area contributed by atoms with Crippen LogP contribution in [0.15, 0.2) is 66.9 Å². The van der Waals surface area contributed by atoms with Crippen LogP contribution in [0.5, 0.6) is 0 Å². The van der Waals surface area contributed by atoms with Gasteiger partial charge in [-0.3, -0.25) is 14.6 Å². The molecule has 7 nitrogen and oxygen atoms in total. The van der Waals surface area contributed by atoms with Gasteiger partial charge in [-0.2, -0.15) is 0 Å². The molecule has 3 heterocycles. The summed E-state index contributed by atoms with van der Waals surface area (Å²) in [4.78, 5) is 35.2. The molecule has 2 fully saturated rings. The van der Waals surface area contributed by atoms with Gasteiger partial charge in [-0.15, -0.1) is 0 Å². The Hall–Kier alpha value is -4.52. The van der Waals surface area contributed by atoms with E-state index in [0.29, 0.717) is 11.5 Å². The summed E-state index contributed by atoms with van der Waals surface area (Å²) < 4.78 is 4.33. The average molecular weight is 586 g/mol. The molecule has 2 aliphatic carbocycles. The minimum atomic E-state index is -0.518. The van der Waals surface area contributed by atoms with Crippen molar-refractivity contribution in [2.75, 3.05) is 0 Å². The minimum absolute atomic E-state index is 0.0126. The lowest BCUT2D eigenvalue weighted by Crippen LogP contribution is -2.52. The molecule has 2 aromatic carbocycles. The van der Waals surface area contributed by atoms with E-state index in [-0.39, 0.29) is 11.7 Å². The van der Waals surface area contributed by atoms with Gasteiger partial charge < -0.3 is 14.5 Å². The van der Waals surface area contributed by atoms with Gasteiger partial charge in [-0.05, 0) is 98.5 Å². The fourth-order valence-corrected chi connectivity index (χ4v) is 7.40. The van der Waals surface area contributed by atoms with Crippen LogP contribution in [0.4, 0.5) is 0 Å². The van der Waals surface area contributed by atoms with E-state index < -0.39 is 5.54 Å². The van der Waals surface area contributed by atoms with Crippen molar-refractivity contribution in [2.24, 2.45) is 14.1 Å². The van der Waals surface area contributed by atoms with Gasteiger partial charge in [0.15, 0.2) is 5.78 Å². The van der Waals surface area contributed by atoms with Gasteiger partial charge in [0.25, 0.3) is 5.91 Å². The second kappa shape index (κ2) is 11.2. The first-order valence-electron chi connectivity index (χ1n) is 15.9. The first kappa shape index (κ1) is 28.3. The van der Waals surface area contributed by atoms with Crippen molar-refractivity contribution in [3.63, 3.8) is 0 Å². The Kier molecular flexibility index (Phi) is 7.19. The van der Waals surface area contributed by atoms with E-state index >= 15 is 0 Å². The predicted molar refractivity (Wildman–Crippen MR) is 175 cm³/mol. The van der Waals surface area contributed by atoms with Crippen LogP contribution in [0, 0.1) is 0 Å². The van der Waals surface area contributed by atoms with Crippen LogP contribution in [0.25, 0.3) is 39.4 Å². The molecule has 44 heavy (non-hydrogen) atoms. The molecule has 2 aliphatic rings. The van der Waals surface area contributed by atoms with E-state index in [4.69, 9.17) is 9.97 Å². The third-order valence-corrected chi connectivity index (χ3v) is 9.83. The van der Waals surface area contributed by atoms with Gasteiger partial charge >= 0.3 is 0 Å². The fourth-order valence-electron chi connectivity index (χ4n) is 7.40. The van der Waals surface area contributed by atoms with Crippen LogP contribution in [0.3, 0.4) is 0 Å². The second-order valence-corrected chi connectivity index (χ2v) is 12.7. The summed E-state index contributed by atoms with van der Waals surface area (Å²) in [6, 6.07) is 18.3. The highest BCUT2D eigenvalue weighted by Gasteiger charge is 2.44. The zero-order chi connectivity index (χ0) is 30.4. The molecule has 0 saturated heterocycles. The number of allylic oxidation sites excluding steroid dienone is 1. The summed E-state index contributed by atoms with van der Waals surface area (Å²) in [5, 5.41) is 4.64. The average Bonchev–Trinajstić information content (AvgIpc) is 3.51. The predicted octanol–water partition coefficient (Wildman–Crippen LogP) is 7.59. The number of nitrogens with zero attached hydrogens (tertiary/aromatic N) is 4. The third kappa shape index (κ3) is 4.84. The summed E-state index contributed by atoms with van der Waals surface area (Å²) in [6.45, 7) is 1.55. The van der Waals surface area contributed by atoms with Gasteiger partial charge in [0.2, 0.25) is 0 Å². The standard InChI is InChI=1S/C37H39N5O2/c1-24(43)13-14-25-15-18-29-32(22-25)42(3)36(39-29)37(19-9-20-37)40-35(44)27-16-17-28-31(23-27)41(2)34(30-12-7-8-21-38-30)33(28)26-10-5-4-6-11-26/h7-8,12-18,21-23,26H,4-6,9-11,19-20H2,1-3H3,(H,40,44)/b14-13+. The first-order chi connectivity index (χ1) is 21.3. The molecule has 0 aliphatic heterocycles. The number of amides is 1. The highest BCUT2D eigenvalue weighted by Crippen LogP contribution is 2.44. The van der Waals surface area contributed by atoms with Gasteiger partial charge in [-0.1, -0.05) is 43.5 Å². The van der Waals surface area contributed by atoms with Gasteiger partial charge in [0.1, 0.15) is 5.82 Å². The number of rotatable bonds is 7. The van der Waals surface area contributed by atoms with Crippen molar-refractivity contribution >= 4 is 39.7 Å². The van der Waals surface area contributed by atoms with E-state index in [2.05, 4.69) is 39.7 Å². The van der Waals surface area contributed by atoms with Gasteiger partial charge in [0.05, 0.1) is 28.0 Å². The van der Waals surface area contributed by atoms with Crippen molar-refractivity contribution < 1.29 is 9.59 Å². The number of fused-ring (bicyclic) bond motifs is 2. The van der Waals surface area contributed by atoms with E-state index in [0.717, 1.165) is 58.6 Å². The Morgan fingerprint density at radius 1 is 0.932 bits per heavy atom. The molecule has 2 saturated carbocycles. The van der Waals surface area contributed by atoms with Crippen molar-refractivity contribution in [3.05, 3.63) is 89.4 Å². The van der Waals surface area contributed by atoms with Crippen LogP contribution in [0.2, 0.25) is 0 Å². The maximum absolute atomic E-state index is 14.0. The zero-order valence-corrected chi connectivity index (χ0v) is 25.8. The summed E-state index contributed by atoms with van der Waals surface area (Å²) in [5.41, 5.74) is 7.53. The molecular formula is C37H39N5O2. The van der Waals surface area contributed by atoms with Crippen LogP contribution < -0.4 is 5.32 Å². The third-order valence-electron chi connectivity index (χ3n) is 9.83. The molecule has 0 radical (unpaired) electrons. The van der Waals surface area contributed by atoms with Crippen LogP contribution >= 0.6 is 0 Å². The van der Waals surface area contributed by atoms with Crippen molar-refractivity contribution in [3.8, 4) is 11.4 Å². The lowest BCUT2D eigenvalue weighted by atomic mass is 9.75. The van der Waals surface area contributed by atoms with Gasteiger partial charge in [-0.25, -0.2) is 4.98 Å². The Labute approximate surface area is 258 Å². The van der Waals surface area contributed by atoms with Crippen LogP contribution in [-0.4, -0.2) is 30.8 Å². The summed E-state index contributed by atoms with van der Waals surface area (Å²) >= 11 is 0. The number of imidazole rings is 1. The number of nitrogens with one attached hydrogen (secondary N) is 1. The largest absolute Gasteiger partial charge is 0.342 e. The van der Waals surface area contributed by atoms with Crippen molar-refractivity contribution in [1.82, 2.24) is 24.4 Å². The summed E-state index contributed by atoms with van der Waals surface area (Å²) in [6.07, 6.45) is 14.2. The zero-order valence-electron chi connectivity index (χ0n) is 25.8. The molecule has 3 aromatic heterocycles. The summed E-state index contributed by atoms with van der Waals surface area (Å²) in [7, 11) is 4.12. The quantitative estimate of drug-likeness (QED) is 0.200. The maximum atomic E-state index is 14.0. The number of carbonyl (C=O) groups excluding carboxylic acids is 2. The Morgan fingerprint density at radius 2 is 1.75 bits per heavy atom. The minimum Gasteiger partial charge on any atom is -0.342 e. The van der Waals surface area contributed by atoms with E-state index in [1.165, 1.54) is 43.1 Å². The first-order valence-corrected chi connectivity index (χ1v) is 15.9. The molecule has 224 valence electrons. The number of carbonyl (C=O) groups is 2. The van der Waals surface area contributed by atoms with E-state index in [1.807, 2.05) is 55.7 Å². The molecule has 5 aromatic rings. The topological polar surface area (TPSA) is 81.8 Å². The molecule has 1 N–H and O–H groups in total. The highest BCUT2D eigenvalue weighted by molar-refractivity contribution is 6.01. The van der Waals surface area contributed by atoms with Crippen molar-refractivity contribution in [2.45, 2.75) is 69.7 Å². The van der Waals surface area contributed by atoms with Gasteiger partial charge in [0, 0.05) is 36.8 Å². The number of ketones is 1. The monoisotopic (exact) mass is 585 g/mol. The number of hydrogen-bond acceptors (Lipinski definition) is 4. The Bertz CT molecular complexity index is 1920. The number of hydrogen-bond donors (Lipinski definition) is 1.